The standard InChI is InChI=1S/C26H31FO6/c1-14-10-20-18-12-22(27)21-11-17(30)6-8-24(21,4)19(18)7-9-25(20,5)26(14,33-16(3)29)23(31)13-32-15(2)28/h6-8,11,14,18,20,22H,9-10,12-13H2,1-5H3/t14-,18+,20-,22-,24+,25-,26+/m0/s1. The van der Waals surface area contributed by atoms with Gasteiger partial charge in [-0.2, -0.15) is 0 Å². The van der Waals surface area contributed by atoms with Crippen LogP contribution < -0.4 is 0 Å². The van der Waals surface area contributed by atoms with E-state index >= 15 is 4.39 Å². The van der Waals surface area contributed by atoms with Gasteiger partial charge in [-0.3, -0.25) is 19.2 Å². The molecule has 0 aliphatic heterocycles. The topological polar surface area (TPSA) is 86.7 Å². The molecule has 4 aliphatic carbocycles. The number of allylic oxidation sites excluding steroid dienone is 6. The second-order valence-electron chi connectivity index (χ2n) is 10.4. The molecule has 0 heterocycles. The summed E-state index contributed by atoms with van der Waals surface area (Å²) >= 11 is 0. The second kappa shape index (κ2) is 7.74. The summed E-state index contributed by atoms with van der Waals surface area (Å²) in [7, 11) is 0. The van der Waals surface area contributed by atoms with E-state index in [1.807, 2.05) is 20.8 Å². The highest BCUT2D eigenvalue weighted by molar-refractivity contribution is 6.01. The van der Waals surface area contributed by atoms with Gasteiger partial charge in [0, 0.05) is 30.6 Å². The Bertz CT molecular complexity index is 1020. The van der Waals surface area contributed by atoms with E-state index in [9.17, 15) is 19.2 Å². The Kier molecular flexibility index (Phi) is 5.53. The zero-order chi connectivity index (χ0) is 24.3. The van der Waals surface area contributed by atoms with Crippen LogP contribution in [0.1, 0.15) is 53.9 Å². The van der Waals surface area contributed by atoms with Crippen molar-refractivity contribution in [1.29, 1.82) is 0 Å². The number of carbonyl (C=O) groups is 4. The maximum Gasteiger partial charge on any atom is 0.303 e. The number of hydrogen-bond donors (Lipinski definition) is 0. The number of alkyl halides is 1. The molecule has 178 valence electrons. The summed E-state index contributed by atoms with van der Waals surface area (Å²) in [4.78, 5) is 49.1. The Balaban J connectivity index is 1.81. The average molecular weight is 459 g/mol. The first kappa shape index (κ1) is 23.6. The molecule has 0 unspecified atom stereocenters. The molecule has 0 amide bonds. The molecule has 4 aliphatic rings. The van der Waals surface area contributed by atoms with Gasteiger partial charge in [0.15, 0.2) is 18.0 Å². The zero-order valence-electron chi connectivity index (χ0n) is 19.8. The van der Waals surface area contributed by atoms with Crippen molar-refractivity contribution in [3.8, 4) is 0 Å². The van der Waals surface area contributed by atoms with E-state index in [-0.39, 0.29) is 30.0 Å². The van der Waals surface area contributed by atoms with Crippen molar-refractivity contribution in [2.45, 2.75) is 65.7 Å². The van der Waals surface area contributed by atoms with Gasteiger partial charge < -0.3 is 9.47 Å². The van der Waals surface area contributed by atoms with Crippen molar-refractivity contribution in [2.75, 3.05) is 6.61 Å². The molecule has 0 bridgehead atoms. The van der Waals surface area contributed by atoms with Gasteiger partial charge in [-0.15, -0.1) is 0 Å². The number of ketones is 2. The molecule has 2 saturated carbocycles. The lowest BCUT2D eigenvalue weighted by Gasteiger charge is -2.54. The molecule has 0 aromatic carbocycles. The average Bonchev–Trinajstić information content (AvgIpc) is 2.95. The highest BCUT2D eigenvalue weighted by Crippen LogP contribution is 2.67. The molecule has 0 N–H and O–H groups in total. The maximum atomic E-state index is 15.5. The van der Waals surface area contributed by atoms with Crippen molar-refractivity contribution < 1.29 is 33.0 Å². The van der Waals surface area contributed by atoms with Gasteiger partial charge in [0.25, 0.3) is 0 Å². The van der Waals surface area contributed by atoms with E-state index in [0.29, 0.717) is 18.4 Å². The Morgan fingerprint density at radius 3 is 2.45 bits per heavy atom. The minimum atomic E-state index is -1.47. The first-order valence-electron chi connectivity index (χ1n) is 11.5. The number of hydrogen-bond acceptors (Lipinski definition) is 6. The monoisotopic (exact) mass is 458 g/mol. The predicted octanol–water partition coefficient (Wildman–Crippen LogP) is 3.84. The van der Waals surface area contributed by atoms with Crippen LogP contribution in [-0.2, 0) is 28.7 Å². The molecule has 0 saturated heterocycles. The van der Waals surface area contributed by atoms with Crippen LogP contribution in [0.25, 0.3) is 0 Å². The zero-order valence-corrected chi connectivity index (χ0v) is 19.8. The third-order valence-electron chi connectivity index (χ3n) is 8.60. The fourth-order valence-corrected chi connectivity index (χ4v) is 7.23. The Morgan fingerprint density at radius 1 is 1.12 bits per heavy atom. The largest absolute Gasteiger partial charge is 0.458 e. The lowest BCUT2D eigenvalue weighted by Crippen LogP contribution is -2.60. The number of fused-ring (bicyclic) bond motifs is 5. The molecule has 0 spiro atoms. The van der Waals surface area contributed by atoms with E-state index < -0.39 is 46.9 Å². The molecule has 0 aromatic rings. The van der Waals surface area contributed by atoms with Crippen molar-refractivity contribution in [3.05, 3.63) is 35.5 Å². The summed E-state index contributed by atoms with van der Waals surface area (Å²) < 4.78 is 26.3. The van der Waals surface area contributed by atoms with Gasteiger partial charge in [0.2, 0.25) is 5.78 Å². The van der Waals surface area contributed by atoms with E-state index in [0.717, 1.165) is 5.57 Å². The van der Waals surface area contributed by atoms with Crippen LogP contribution >= 0.6 is 0 Å². The summed E-state index contributed by atoms with van der Waals surface area (Å²) in [6.45, 7) is 7.77. The molecule has 7 atom stereocenters. The van der Waals surface area contributed by atoms with E-state index in [4.69, 9.17) is 9.47 Å². The third-order valence-corrected chi connectivity index (χ3v) is 8.60. The molecule has 2 fully saturated rings. The van der Waals surface area contributed by atoms with Gasteiger partial charge in [0.1, 0.15) is 6.17 Å². The predicted molar refractivity (Wildman–Crippen MR) is 118 cm³/mol. The van der Waals surface area contributed by atoms with Crippen LogP contribution in [0.3, 0.4) is 0 Å². The molecular formula is C26H31FO6. The fraction of sp³-hybridized carbons (Fsp3) is 0.615. The van der Waals surface area contributed by atoms with Gasteiger partial charge in [0.05, 0.1) is 0 Å². The lowest BCUT2D eigenvalue weighted by atomic mass is 9.51. The highest BCUT2D eigenvalue weighted by Gasteiger charge is 2.70. The van der Waals surface area contributed by atoms with Gasteiger partial charge in [-0.25, -0.2) is 4.39 Å². The van der Waals surface area contributed by atoms with Crippen LogP contribution in [0.5, 0.6) is 0 Å². The highest BCUT2D eigenvalue weighted by atomic mass is 19.1. The van der Waals surface area contributed by atoms with Crippen LogP contribution in [0.4, 0.5) is 4.39 Å². The fourth-order valence-electron chi connectivity index (χ4n) is 7.23. The molecule has 0 radical (unpaired) electrons. The van der Waals surface area contributed by atoms with Gasteiger partial charge >= 0.3 is 11.9 Å². The van der Waals surface area contributed by atoms with Crippen molar-refractivity contribution >= 4 is 23.5 Å². The minimum Gasteiger partial charge on any atom is -0.458 e. The molecule has 7 heteroatoms. The molecule has 0 aromatic heterocycles. The number of ether oxygens (including phenoxy) is 2. The molecule has 33 heavy (non-hydrogen) atoms. The van der Waals surface area contributed by atoms with E-state index in [1.165, 1.54) is 26.0 Å². The Hall–Kier alpha value is -2.57. The molecule has 6 nitrogen and oxygen atoms in total. The molecule has 4 rings (SSSR count). The summed E-state index contributed by atoms with van der Waals surface area (Å²) in [6.07, 6.45) is 6.73. The number of halogens is 1. The van der Waals surface area contributed by atoms with Crippen LogP contribution in [0, 0.1) is 28.6 Å². The Morgan fingerprint density at radius 2 is 1.82 bits per heavy atom. The van der Waals surface area contributed by atoms with Gasteiger partial charge in [-0.1, -0.05) is 31.6 Å². The van der Waals surface area contributed by atoms with Gasteiger partial charge in [-0.05, 0) is 55.7 Å². The van der Waals surface area contributed by atoms with Crippen LogP contribution in [0.15, 0.2) is 35.5 Å². The van der Waals surface area contributed by atoms with Crippen LogP contribution in [0.2, 0.25) is 0 Å². The van der Waals surface area contributed by atoms with E-state index in [2.05, 4.69) is 6.08 Å². The van der Waals surface area contributed by atoms with Crippen LogP contribution in [-0.4, -0.2) is 41.9 Å². The Labute approximate surface area is 193 Å². The second-order valence-corrected chi connectivity index (χ2v) is 10.4. The third kappa shape index (κ3) is 3.26. The normalized spacial score (nSPS) is 41.2. The smallest absolute Gasteiger partial charge is 0.303 e. The summed E-state index contributed by atoms with van der Waals surface area (Å²) in [6, 6.07) is 0. The quantitative estimate of drug-likeness (QED) is 0.470. The number of esters is 2. The summed E-state index contributed by atoms with van der Waals surface area (Å²) in [5.74, 6) is -2.42. The van der Waals surface area contributed by atoms with E-state index in [1.54, 1.807) is 6.08 Å². The maximum absolute atomic E-state index is 15.5. The first-order valence-corrected chi connectivity index (χ1v) is 11.5. The number of rotatable bonds is 4. The first-order chi connectivity index (χ1) is 15.4. The summed E-state index contributed by atoms with van der Waals surface area (Å²) in [5, 5.41) is 0. The molecular weight excluding hydrogens is 427 g/mol. The van der Waals surface area contributed by atoms with Crippen molar-refractivity contribution in [3.63, 3.8) is 0 Å². The SMILES string of the molecule is CC(=O)OCC(=O)[C@]1(OC(C)=O)[C@@H](C)C[C@H]2[C@@H]3C[C@H](F)C4=CC(=O)C=C[C@]4(C)C3=CC[C@@]21C. The lowest BCUT2D eigenvalue weighted by molar-refractivity contribution is -0.190. The van der Waals surface area contributed by atoms with Crippen molar-refractivity contribution in [1.82, 2.24) is 0 Å². The number of Topliss-reactive ketones (excluding diaryl/α,β-unsaturated/α-hetero) is 1. The summed E-state index contributed by atoms with van der Waals surface area (Å²) in [5.41, 5.74) is -1.39. The van der Waals surface area contributed by atoms with Crippen molar-refractivity contribution in [2.24, 2.45) is 28.6 Å². The number of carbonyl (C=O) groups excluding carboxylic acids is 4. The minimum absolute atomic E-state index is 0.115.